The van der Waals surface area contributed by atoms with Crippen LogP contribution < -0.4 is 5.32 Å². The Hall–Kier alpha value is -3.63. The van der Waals surface area contributed by atoms with Crippen molar-refractivity contribution >= 4 is 23.0 Å². The van der Waals surface area contributed by atoms with Crippen molar-refractivity contribution in [3.05, 3.63) is 66.0 Å². The lowest BCUT2D eigenvalue weighted by Crippen LogP contribution is -2.56. The molecule has 35 heavy (non-hydrogen) atoms. The zero-order chi connectivity index (χ0) is 24.3. The Kier molecular flexibility index (Phi) is 6.56. The Morgan fingerprint density at radius 1 is 1.06 bits per heavy atom. The molecule has 3 amide bonds. The number of nitrogens with one attached hydrogen (secondary N) is 2. The Balaban J connectivity index is 1.31. The van der Waals surface area contributed by atoms with Crippen LogP contribution in [0.2, 0.25) is 0 Å². The Morgan fingerprint density at radius 3 is 2.54 bits per heavy atom. The van der Waals surface area contributed by atoms with Gasteiger partial charge < -0.3 is 10.3 Å². The summed E-state index contributed by atoms with van der Waals surface area (Å²) in [5, 5.41) is 3.13. The maximum atomic E-state index is 13.7. The van der Waals surface area contributed by atoms with Gasteiger partial charge in [0, 0.05) is 0 Å². The first kappa shape index (κ1) is 23.1. The van der Waals surface area contributed by atoms with E-state index in [-0.39, 0.29) is 24.4 Å². The zero-order valence-electron chi connectivity index (χ0n) is 20.1. The molecule has 7 heteroatoms. The number of carbonyl (C=O) groups excluding carboxylic acids is 2. The van der Waals surface area contributed by atoms with Gasteiger partial charge in [0.25, 0.3) is 5.91 Å². The summed E-state index contributed by atoms with van der Waals surface area (Å²) in [4.78, 5) is 38.3. The molecule has 180 valence electrons. The molecule has 1 aromatic heterocycles. The highest BCUT2D eigenvalue weighted by molar-refractivity contribution is 6.07. The first-order chi connectivity index (χ1) is 17.1. The number of aromatic nitrogens is 2. The molecule has 2 N–H and O–H groups in total. The average Bonchev–Trinajstić information content (AvgIpc) is 3.40. The minimum absolute atomic E-state index is 0.0779. The van der Waals surface area contributed by atoms with Crippen LogP contribution in [0.15, 0.2) is 54.6 Å². The molecule has 3 aromatic rings. The molecule has 0 radical (unpaired) electrons. The SMILES string of the molecule is CC#CCN1C(=O)N[C@@](CCc2ccccc2)(C2CCN(Cc3nc4ccccc4[nH]3)CC2)C1=O. The number of aromatic amines is 1. The number of imidazole rings is 1. The predicted octanol–water partition coefficient (Wildman–Crippen LogP) is 3.72. The van der Waals surface area contributed by atoms with Gasteiger partial charge in [0.05, 0.1) is 24.1 Å². The fourth-order valence-electron chi connectivity index (χ4n) is 5.46. The first-order valence-electron chi connectivity index (χ1n) is 12.3. The van der Waals surface area contributed by atoms with E-state index in [1.54, 1.807) is 6.92 Å². The number of urea groups is 1. The van der Waals surface area contributed by atoms with Gasteiger partial charge in [0.2, 0.25) is 0 Å². The molecule has 0 aliphatic carbocycles. The van der Waals surface area contributed by atoms with Crippen LogP contribution in [0.4, 0.5) is 4.79 Å². The van der Waals surface area contributed by atoms with E-state index in [0.29, 0.717) is 6.42 Å². The Bertz CT molecular complexity index is 1230. The minimum atomic E-state index is -0.881. The molecular weight excluding hydrogens is 438 g/mol. The minimum Gasteiger partial charge on any atom is -0.341 e. The van der Waals surface area contributed by atoms with Gasteiger partial charge in [-0.15, -0.1) is 5.92 Å². The number of benzene rings is 2. The molecule has 0 bridgehead atoms. The summed E-state index contributed by atoms with van der Waals surface area (Å²) in [6, 6.07) is 17.9. The third kappa shape index (κ3) is 4.67. The van der Waals surface area contributed by atoms with Crippen molar-refractivity contribution in [2.24, 2.45) is 5.92 Å². The average molecular weight is 470 g/mol. The van der Waals surface area contributed by atoms with E-state index in [1.807, 2.05) is 42.5 Å². The van der Waals surface area contributed by atoms with Crippen molar-refractivity contribution in [3.8, 4) is 11.8 Å². The van der Waals surface area contributed by atoms with Crippen molar-refractivity contribution in [2.75, 3.05) is 19.6 Å². The van der Waals surface area contributed by atoms with Gasteiger partial charge in [-0.1, -0.05) is 48.4 Å². The van der Waals surface area contributed by atoms with Gasteiger partial charge in [0.1, 0.15) is 11.4 Å². The second-order valence-corrected chi connectivity index (χ2v) is 9.46. The third-order valence-electron chi connectivity index (χ3n) is 7.36. The van der Waals surface area contributed by atoms with Crippen molar-refractivity contribution in [1.29, 1.82) is 0 Å². The number of rotatable bonds is 7. The number of nitrogens with zero attached hydrogens (tertiary/aromatic N) is 3. The molecule has 2 aliphatic heterocycles. The number of para-hydroxylation sites is 2. The van der Waals surface area contributed by atoms with Gasteiger partial charge in [-0.3, -0.25) is 14.6 Å². The van der Waals surface area contributed by atoms with Crippen LogP contribution in [0.5, 0.6) is 0 Å². The number of H-pyrrole nitrogens is 1. The molecule has 0 unspecified atom stereocenters. The predicted molar refractivity (Wildman–Crippen MR) is 135 cm³/mol. The molecule has 0 spiro atoms. The summed E-state index contributed by atoms with van der Waals surface area (Å²) in [5.74, 6) is 6.59. The number of hydrogen-bond donors (Lipinski definition) is 2. The molecule has 5 rings (SSSR count). The lowest BCUT2D eigenvalue weighted by molar-refractivity contribution is -0.134. The monoisotopic (exact) mass is 469 g/mol. The third-order valence-corrected chi connectivity index (χ3v) is 7.36. The molecule has 3 heterocycles. The maximum Gasteiger partial charge on any atom is 0.325 e. The zero-order valence-corrected chi connectivity index (χ0v) is 20.1. The number of amides is 3. The number of imide groups is 1. The number of carbonyl (C=O) groups is 2. The fourth-order valence-corrected chi connectivity index (χ4v) is 5.46. The largest absolute Gasteiger partial charge is 0.341 e. The van der Waals surface area contributed by atoms with Gasteiger partial charge in [-0.25, -0.2) is 9.78 Å². The van der Waals surface area contributed by atoms with Crippen LogP contribution in [0.1, 0.15) is 37.6 Å². The molecule has 2 saturated heterocycles. The number of piperidine rings is 1. The van der Waals surface area contributed by atoms with Crippen LogP contribution in [0.3, 0.4) is 0 Å². The highest BCUT2D eigenvalue weighted by atomic mass is 16.2. The normalized spacial score (nSPS) is 21.2. The summed E-state index contributed by atoms with van der Waals surface area (Å²) >= 11 is 0. The second kappa shape index (κ2) is 9.93. The summed E-state index contributed by atoms with van der Waals surface area (Å²) in [6.45, 7) is 4.31. The van der Waals surface area contributed by atoms with Crippen LogP contribution in [0.25, 0.3) is 11.0 Å². The topological polar surface area (TPSA) is 81.3 Å². The molecule has 7 nitrogen and oxygen atoms in total. The lowest BCUT2D eigenvalue weighted by Gasteiger charge is -2.40. The highest BCUT2D eigenvalue weighted by Gasteiger charge is 2.55. The Labute approximate surface area is 205 Å². The highest BCUT2D eigenvalue weighted by Crippen LogP contribution is 2.37. The van der Waals surface area contributed by atoms with Gasteiger partial charge >= 0.3 is 6.03 Å². The quantitative estimate of drug-likeness (QED) is 0.408. The van der Waals surface area contributed by atoms with Gasteiger partial charge in [-0.05, 0) is 69.3 Å². The van der Waals surface area contributed by atoms with Gasteiger partial charge in [0.15, 0.2) is 0 Å². The van der Waals surface area contributed by atoms with Crippen molar-refractivity contribution < 1.29 is 9.59 Å². The first-order valence-corrected chi connectivity index (χ1v) is 12.3. The summed E-state index contributed by atoms with van der Waals surface area (Å²) in [6.07, 6.45) is 3.01. The van der Waals surface area contributed by atoms with Gasteiger partial charge in [-0.2, -0.15) is 0 Å². The van der Waals surface area contributed by atoms with Crippen molar-refractivity contribution in [3.63, 3.8) is 0 Å². The smallest absolute Gasteiger partial charge is 0.325 e. The molecule has 1 atom stereocenters. The second-order valence-electron chi connectivity index (χ2n) is 9.46. The van der Waals surface area contributed by atoms with E-state index in [4.69, 9.17) is 4.98 Å². The van der Waals surface area contributed by atoms with E-state index in [0.717, 1.165) is 55.8 Å². The van der Waals surface area contributed by atoms with Crippen LogP contribution in [-0.2, 0) is 17.8 Å². The number of aryl methyl sites for hydroxylation is 1. The number of hydrogen-bond acceptors (Lipinski definition) is 4. The Morgan fingerprint density at radius 2 is 1.80 bits per heavy atom. The molecule has 2 aromatic carbocycles. The maximum absolute atomic E-state index is 13.7. The lowest BCUT2D eigenvalue weighted by atomic mass is 9.74. The fraction of sp³-hybridized carbons (Fsp3) is 0.393. The van der Waals surface area contributed by atoms with Crippen LogP contribution in [-0.4, -0.2) is 56.9 Å². The summed E-state index contributed by atoms with van der Waals surface area (Å²) in [5.41, 5.74) is 2.31. The van der Waals surface area contributed by atoms with E-state index in [2.05, 4.69) is 39.2 Å². The van der Waals surface area contributed by atoms with E-state index in [1.165, 1.54) is 10.5 Å². The van der Waals surface area contributed by atoms with Crippen molar-refractivity contribution in [1.82, 2.24) is 25.1 Å². The van der Waals surface area contributed by atoms with E-state index < -0.39 is 5.54 Å². The van der Waals surface area contributed by atoms with Crippen LogP contribution >= 0.6 is 0 Å². The molecule has 0 saturated carbocycles. The molecule has 2 fully saturated rings. The van der Waals surface area contributed by atoms with E-state index >= 15 is 0 Å². The molecule has 2 aliphatic rings. The van der Waals surface area contributed by atoms with E-state index in [9.17, 15) is 9.59 Å². The number of likely N-dealkylation sites (tertiary alicyclic amines) is 1. The summed E-state index contributed by atoms with van der Waals surface area (Å²) < 4.78 is 0. The number of fused-ring (bicyclic) bond motifs is 1. The van der Waals surface area contributed by atoms with Crippen LogP contribution in [0, 0.1) is 17.8 Å². The van der Waals surface area contributed by atoms with Crippen molar-refractivity contribution in [2.45, 2.75) is 44.7 Å². The standard InChI is InChI=1S/C28H31N5O2/c1-2-3-17-33-26(34)28(31-27(33)35,16-13-21-9-5-4-6-10-21)22-14-18-32(19-15-22)20-25-29-23-11-7-8-12-24(23)30-25/h4-12,22H,13-20H2,1H3,(H,29,30)(H,31,35)/t28-/m0/s1. The molecular formula is C28H31N5O2. The summed E-state index contributed by atoms with van der Waals surface area (Å²) in [7, 11) is 0.